The molecule has 0 N–H and O–H groups in total. The molecule has 1 aliphatic heterocycles. The van der Waals surface area contributed by atoms with Crippen molar-refractivity contribution in [2.45, 2.75) is 32.4 Å². The van der Waals surface area contributed by atoms with Gasteiger partial charge in [0.1, 0.15) is 0 Å². The van der Waals surface area contributed by atoms with E-state index in [0.29, 0.717) is 6.54 Å². The highest BCUT2D eigenvalue weighted by atomic mass is 16.2. The van der Waals surface area contributed by atoms with Crippen LogP contribution in [0.3, 0.4) is 0 Å². The molecule has 4 heteroatoms. The fourth-order valence-corrected chi connectivity index (χ4v) is 3.84. The first-order valence-corrected chi connectivity index (χ1v) is 9.15. The summed E-state index contributed by atoms with van der Waals surface area (Å²) < 4.78 is 1.87. The number of carbonyl (C=O) groups is 1. The van der Waals surface area contributed by atoms with E-state index in [-0.39, 0.29) is 11.9 Å². The molecule has 0 unspecified atom stereocenters. The maximum absolute atomic E-state index is 13.2. The summed E-state index contributed by atoms with van der Waals surface area (Å²) in [5.74, 6) is 0.123. The fraction of sp³-hybridized carbons (Fsp3) is 0.273. The Kier molecular flexibility index (Phi) is 4.57. The lowest BCUT2D eigenvalue weighted by Gasteiger charge is -2.26. The molecule has 3 aromatic rings. The quantitative estimate of drug-likeness (QED) is 0.710. The van der Waals surface area contributed by atoms with E-state index in [9.17, 15) is 4.79 Å². The Labute approximate surface area is 154 Å². The molecular formula is C22H23N3O. The van der Waals surface area contributed by atoms with Gasteiger partial charge in [-0.15, -0.1) is 0 Å². The van der Waals surface area contributed by atoms with E-state index >= 15 is 0 Å². The average Bonchev–Trinajstić information content (AvgIpc) is 3.33. The van der Waals surface area contributed by atoms with Crippen LogP contribution >= 0.6 is 0 Å². The molecule has 0 saturated carbocycles. The van der Waals surface area contributed by atoms with Crippen LogP contribution in [0, 0.1) is 6.92 Å². The summed E-state index contributed by atoms with van der Waals surface area (Å²) in [5, 5.41) is 4.25. The molecule has 0 bridgehead atoms. The van der Waals surface area contributed by atoms with Crippen LogP contribution in [0.5, 0.6) is 0 Å². The second kappa shape index (κ2) is 7.16. The number of carbonyl (C=O) groups excluding carboxylic acids is 1. The number of nitrogens with zero attached hydrogens (tertiary/aromatic N) is 3. The van der Waals surface area contributed by atoms with E-state index in [1.165, 1.54) is 11.1 Å². The predicted octanol–water partition coefficient (Wildman–Crippen LogP) is 4.22. The van der Waals surface area contributed by atoms with Gasteiger partial charge in [-0.1, -0.05) is 36.4 Å². The molecule has 0 aliphatic carbocycles. The van der Waals surface area contributed by atoms with Gasteiger partial charge >= 0.3 is 0 Å². The summed E-state index contributed by atoms with van der Waals surface area (Å²) in [7, 11) is 0. The number of amides is 1. The van der Waals surface area contributed by atoms with Crippen LogP contribution in [-0.2, 0) is 6.54 Å². The van der Waals surface area contributed by atoms with Gasteiger partial charge in [0.15, 0.2) is 0 Å². The second-order valence-corrected chi connectivity index (χ2v) is 6.92. The van der Waals surface area contributed by atoms with Crippen molar-refractivity contribution in [1.29, 1.82) is 0 Å². The van der Waals surface area contributed by atoms with Gasteiger partial charge in [0, 0.05) is 24.5 Å². The third-order valence-electron chi connectivity index (χ3n) is 5.14. The van der Waals surface area contributed by atoms with Gasteiger partial charge in [0.25, 0.3) is 5.91 Å². The third-order valence-corrected chi connectivity index (χ3v) is 5.14. The van der Waals surface area contributed by atoms with Gasteiger partial charge in [-0.2, -0.15) is 5.10 Å². The average molecular weight is 345 g/mol. The Morgan fingerprint density at radius 1 is 1.15 bits per heavy atom. The lowest BCUT2D eigenvalue weighted by atomic mass is 9.99. The molecule has 0 spiro atoms. The van der Waals surface area contributed by atoms with E-state index in [4.69, 9.17) is 0 Å². The van der Waals surface area contributed by atoms with Crippen LogP contribution in [0.15, 0.2) is 67.0 Å². The number of hydrogen-bond acceptors (Lipinski definition) is 2. The van der Waals surface area contributed by atoms with Crippen molar-refractivity contribution < 1.29 is 4.79 Å². The largest absolute Gasteiger partial charge is 0.332 e. The minimum Gasteiger partial charge on any atom is -0.332 e. The van der Waals surface area contributed by atoms with Gasteiger partial charge in [-0.25, -0.2) is 0 Å². The van der Waals surface area contributed by atoms with Crippen LogP contribution in [0.1, 0.15) is 45.9 Å². The molecule has 2 heterocycles. The molecule has 26 heavy (non-hydrogen) atoms. The molecule has 1 atom stereocenters. The summed E-state index contributed by atoms with van der Waals surface area (Å²) in [4.78, 5) is 15.2. The van der Waals surface area contributed by atoms with E-state index in [1.54, 1.807) is 6.20 Å². The zero-order valence-corrected chi connectivity index (χ0v) is 15.0. The minimum absolute atomic E-state index is 0.123. The third kappa shape index (κ3) is 3.27. The Balaban J connectivity index is 1.58. The molecular weight excluding hydrogens is 322 g/mol. The lowest BCUT2D eigenvalue weighted by molar-refractivity contribution is 0.0735. The Hall–Kier alpha value is -2.88. The van der Waals surface area contributed by atoms with Gasteiger partial charge in [-0.05, 0) is 54.7 Å². The van der Waals surface area contributed by atoms with E-state index in [1.807, 2.05) is 46.1 Å². The Morgan fingerprint density at radius 3 is 2.85 bits per heavy atom. The molecule has 1 fully saturated rings. The SMILES string of the molecule is Cc1ccccc1[C@H]1CCCN1C(=O)c1cccc(Cn2cccn2)c1. The predicted molar refractivity (Wildman–Crippen MR) is 102 cm³/mol. The second-order valence-electron chi connectivity index (χ2n) is 6.92. The topological polar surface area (TPSA) is 38.1 Å². The maximum Gasteiger partial charge on any atom is 0.254 e. The number of hydrogen-bond donors (Lipinski definition) is 0. The van der Waals surface area contributed by atoms with Crippen molar-refractivity contribution in [3.8, 4) is 0 Å². The van der Waals surface area contributed by atoms with Crippen LogP contribution in [-0.4, -0.2) is 27.1 Å². The Morgan fingerprint density at radius 2 is 2.04 bits per heavy atom. The number of aromatic nitrogens is 2. The van der Waals surface area contributed by atoms with E-state index in [0.717, 1.165) is 30.5 Å². The zero-order chi connectivity index (χ0) is 17.9. The van der Waals surface area contributed by atoms with Crippen molar-refractivity contribution in [1.82, 2.24) is 14.7 Å². The molecule has 4 rings (SSSR count). The number of benzene rings is 2. The molecule has 132 valence electrons. The Bertz CT molecular complexity index is 901. The number of likely N-dealkylation sites (tertiary alicyclic amines) is 1. The van der Waals surface area contributed by atoms with E-state index < -0.39 is 0 Å². The summed E-state index contributed by atoms with van der Waals surface area (Å²) >= 11 is 0. The smallest absolute Gasteiger partial charge is 0.254 e. The highest BCUT2D eigenvalue weighted by Gasteiger charge is 2.31. The highest BCUT2D eigenvalue weighted by Crippen LogP contribution is 2.34. The normalized spacial score (nSPS) is 16.8. The number of rotatable bonds is 4. The number of aryl methyl sites for hydroxylation is 1. The summed E-state index contributed by atoms with van der Waals surface area (Å²) in [6.07, 6.45) is 5.79. The van der Waals surface area contributed by atoms with Crippen LogP contribution in [0.25, 0.3) is 0 Å². The summed E-state index contributed by atoms with van der Waals surface area (Å²) in [6, 6.07) is 18.4. The molecule has 0 radical (unpaired) electrons. The van der Waals surface area contributed by atoms with Crippen molar-refractivity contribution in [2.24, 2.45) is 0 Å². The first kappa shape index (κ1) is 16.6. The standard InChI is InChI=1S/C22H23N3O/c1-17-7-2-3-10-20(17)21-11-5-14-25(21)22(26)19-9-4-8-18(15-19)16-24-13-6-12-23-24/h2-4,6-10,12-13,15,21H,5,11,14,16H2,1H3/t21-/m1/s1. The minimum atomic E-state index is 0.123. The van der Waals surface area contributed by atoms with E-state index in [2.05, 4.69) is 36.3 Å². The maximum atomic E-state index is 13.2. The molecule has 1 aliphatic rings. The van der Waals surface area contributed by atoms with Crippen LogP contribution in [0.2, 0.25) is 0 Å². The van der Waals surface area contributed by atoms with Crippen molar-refractivity contribution in [3.63, 3.8) is 0 Å². The molecule has 4 nitrogen and oxygen atoms in total. The molecule has 1 saturated heterocycles. The highest BCUT2D eigenvalue weighted by molar-refractivity contribution is 5.94. The molecule has 1 amide bonds. The van der Waals surface area contributed by atoms with Crippen LogP contribution in [0.4, 0.5) is 0 Å². The summed E-state index contributed by atoms with van der Waals surface area (Å²) in [6.45, 7) is 3.62. The summed E-state index contributed by atoms with van der Waals surface area (Å²) in [5.41, 5.74) is 4.37. The van der Waals surface area contributed by atoms with Gasteiger partial charge in [0.05, 0.1) is 12.6 Å². The first-order valence-electron chi connectivity index (χ1n) is 9.15. The fourth-order valence-electron chi connectivity index (χ4n) is 3.84. The van der Waals surface area contributed by atoms with Gasteiger partial charge < -0.3 is 4.90 Å². The molecule has 2 aromatic carbocycles. The van der Waals surface area contributed by atoms with Gasteiger partial charge in [0.2, 0.25) is 0 Å². The van der Waals surface area contributed by atoms with Crippen molar-refractivity contribution in [3.05, 3.63) is 89.2 Å². The van der Waals surface area contributed by atoms with Crippen molar-refractivity contribution >= 4 is 5.91 Å². The van der Waals surface area contributed by atoms with Crippen LogP contribution < -0.4 is 0 Å². The lowest BCUT2D eigenvalue weighted by Crippen LogP contribution is -2.31. The van der Waals surface area contributed by atoms with Gasteiger partial charge in [-0.3, -0.25) is 9.48 Å². The first-order chi connectivity index (χ1) is 12.7. The molecule has 1 aromatic heterocycles. The zero-order valence-electron chi connectivity index (χ0n) is 15.0. The monoisotopic (exact) mass is 345 g/mol. The van der Waals surface area contributed by atoms with Crippen molar-refractivity contribution in [2.75, 3.05) is 6.54 Å².